The summed E-state index contributed by atoms with van der Waals surface area (Å²) in [6.45, 7) is 6.32. The molecule has 21 heavy (non-hydrogen) atoms. The van der Waals surface area contributed by atoms with Gasteiger partial charge in [0.05, 0.1) is 0 Å². The van der Waals surface area contributed by atoms with Gasteiger partial charge in [0.2, 0.25) is 0 Å². The predicted octanol–water partition coefficient (Wildman–Crippen LogP) is 5.15. The molecular weight excluding hydrogens is 282 g/mol. The molecule has 0 bridgehead atoms. The summed E-state index contributed by atoms with van der Waals surface area (Å²) >= 11 is 6.07. The number of benzene rings is 2. The highest BCUT2D eigenvalue weighted by atomic mass is 35.5. The van der Waals surface area contributed by atoms with Crippen LogP contribution < -0.4 is 10.5 Å². The Kier molecular flexibility index (Phi) is 5.27. The maximum Gasteiger partial charge on any atom is 0.130 e. The highest BCUT2D eigenvalue weighted by Crippen LogP contribution is 2.30. The Morgan fingerprint density at radius 1 is 1.10 bits per heavy atom. The van der Waals surface area contributed by atoms with Crippen molar-refractivity contribution in [2.45, 2.75) is 39.2 Å². The molecular formula is C18H22ClNO. The average Bonchev–Trinajstić information content (AvgIpc) is 2.41. The molecule has 1 unspecified atom stereocenters. The molecule has 2 N–H and O–H groups in total. The van der Waals surface area contributed by atoms with Crippen molar-refractivity contribution in [1.82, 2.24) is 0 Å². The number of nitrogens with two attached hydrogens (primary N) is 1. The van der Waals surface area contributed by atoms with Gasteiger partial charge in [0.15, 0.2) is 0 Å². The number of rotatable bonds is 5. The van der Waals surface area contributed by atoms with Crippen molar-refractivity contribution in [2.75, 3.05) is 0 Å². The van der Waals surface area contributed by atoms with Gasteiger partial charge in [-0.15, -0.1) is 0 Å². The summed E-state index contributed by atoms with van der Waals surface area (Å²) in [7, 11) is 0. The smallest absolute Gasteiger partial charge is 0.130 e. The first-order chi connectivity index (χ1) is 9.95. The third kappa shape index (κ3) is 4.48. The maximum absolute atomic E-state index is 6.07. The van der Waals surface area contributed by atoms with Crippen molar-refractivity contribution in [2.24, 2.45) is 5.73 Å². The SMILES string of the molecule is CC(N)Cc1cc(Cl)ccc1Oc1cccc(C(C)C)c1. The molecule has 0 aliphatic rings. The Bertz CT molecular complexity index is 608. The lowest BCUT2D eigenvalue weighted by Gasteiger charge is -2.14. The summed E-state index contributed by atoms with van der Waals surface area (Å²) < 4.78 is 6.04. The van der Waals surface area contributed by atoms with Gasteiger partial charge in [0.25, 0.3) is 0 Å². The van der Waals surface area contributed by atoms with E-state index in [0.717, 1.165) is 23.5 Å². The fourth-order valence-corrected chi connectivity index (χ4v) is 2.41. The lowest BCUT2D eigenvalue weighted by Crippen LogP contribution is -2.18. The fraction of sp³-hybridized carbons (Fsp3) is 0.333. The molecule has 0 amide bonds. The molecule has 2 aromatic rings. The summed E-state index contributed by atoms with van der Waals surface area (Å²) in [5, 5.41) is 0.703. The zero-order valence-electron chi connectivity index (χ0n) is 12.8. The molecule has 0 heterocycles. The van der Waals surface area contributed by atoms with Crippen LogP contribution in [-0.4, -0.2) is 6.04 Å². The Hall–Kier alpha value is -1.51. The quantitative estimate of drug-likeness (QED) is 0.829. The highest BCUT2D eigenvalue weighted by molar-refractivity contribution is 6.30. The van der Waals surface area contributed by atoms with Crippen LogP contribution in [0.1, 0.15) is 37.8 Å². The summed E-state index contributed by atoms with van der Waals surface area (Å²) in [5.74, 6) is 2.13. The highest BCUT2D eigenvalue weighted by Gasteiger charge is 2.09. The molecule has 0 spiro atoms. The molecule has 112 valence electrons. The Labute approximate surface area is 131 Å². The molecule has 0 aliphatic heterocycles. The van der Waals surface area contributed by atoms with Crippen LogP contribution in [0.25, 0.3) is 0 Å². The molecule has 2 aromatic carbocycles. The predicted molar refractivity (Wildman–Crippen MR) is 89.4 cm³/mol. The largest absolute Gasteiger partial charge is 0.457 e. The van der Waals surface area contributed by atoms with E-state index in [-0.39, 0.29) is 6.04 Å². The summed E-state index contributed by atoms with van der Waals surface area (Å²) in [6, 6.07) is 13.9. The van der Waals surface area contributed by atoms with Crippen LogP contribution in [-0.2, 0) is 6.42 Å². The minimum absolute atomic E-state index is 0.0628. The van der Waals surface area contributed by atoms with Gasteiger partial charge in [-0.05, 0) is 60.7 Å². The Balaban J connectivity index is 2.28. The van der Waals surface area contributed by atoms with Crippen LogP contribution >= 0.6 is 11.6 Å². The van der Waals surface area contributed by atoms with Gasteiger partial charge in [-0.2, -0.15) is 0 Å². The first-order valence-corrected chi connectivity index (χ1v) is 7.65. The normalized spacial score (nSPS) is 12.5. The van der Waals surface area contributed by atoms with E-state index in [1.165, 1.54) is 5.56 Å². The second-order valence-corrected chi connectivity index (χ2v) is 6.20. The standard InChI is InChI=1S/C18H22ClNO/c1-12(2)14-5-4-6-17(11-14)21-18-8-7-16(19)10-15(18)9-13(3)20/h4-8,10-13H,9,20H2,1-3H3. The first-order valence-electron chi connectivity index (χ1n) is 7.27. The Morgan fingerprint density at radius 2 is 1.86 bits per heavy atom. The molecule has 1 atom stereocenters. The third-order valence-electron chi connectivity index (χ3n) is 3.32. The molecule has 0 saturated heterocycles. The maximum atomic E-state index is 6.07. The van der Waals surface area contributed by atoms with Crippen LogP contribution in [0, 0.1) is 0 Å². The molecule has 2 rings (SSSR count). The van der Waals surface area contributed by atoms with Crippen molar-refractivity contribution >= 4 is 11.6 Å². The molecule has 0 saturated carbocycles. The van der Waals surface area contributed by atoms with E-state index < -0.39 is 0 Å². The summed E-state index contributed by atoms with van der Waals surface area (Å²) in [4.78, 5) is 0. The van der Waals surface area contributed by atoms with Crippen molar-refractivity contribution in [3.63, 3.8) is 0 Å². The summed E-state index contributed by atoms with van der Waals surface area (Å²) in [6.07, 6.45) is 0.736. The Morgan fingerprint density at radius 3 is 2.52 bits per heavy atom. The molecule has 3 heteroatoms. The van der Waals surface area contributed by atoms with Gasteiger partial charge in [-0.3, -0.25) is 0 Å². The monoisotopic (exact) mass is 303 g/mol. The average molecular weight is 304 g/mol. The minimum atomic E-state index is 0.0628. The van der Waals surface area contributed by atoms with Gasteiger partial charge >= 0.3 is 0 Å². The zero-order chi connectivity index (χ0) is 15.4. The molecule has 2 nitrogen and oxygen atoms in total. The van der Waals surface area contributed by atoms with Crippen LogP contribution in [0.4, 0.5) is 0 Å². The van der Waals surface area contributed by atoms with Crippen LogP contribution in [0.2, 0.25) is 5.02 Å². The second kappa shape index (κ2) is 6.97. The van der Waals surface area contributed by atoms with Gasteiger partial charge in [-0.25, -0.2) is 0 Å². The van der Waals surface area contributed by atoms with E-state index in [0.29, 0.717) is 10.9 Å². The van der Waals surface area contributed by atoms with Gasteiger partial charge < -0.3 is 10.5 Å². The van der Waals surface area contributed by atoms with Crippen molar-refractivity contribution in [3.05, 3.63) is 58.6 Å². The second-order valence-electron chi connectivity index (χ2n) is 5.76. The molecule has 0 radical (unpaired) electrons. The third-order valence-corrected chi connectivity index (χ3v) is 3.55. The summed E-state index contributed by atoms with van der Waals surface area (Å²) in [5.41, 5.74) is 8.20. The lowest BCUT2D eigenvalue weighted by atomic mass is 10.0. The van der Waals surface area contributed by atoms with E-state index in [1.807, 2.05) is 37.3 Å². The molecule has 0 aliphatic carbocycles. The van der Waals surface area contributed by atoms with Gasteiger partial charge in [0, 0.05) is 11.1 Å². The molecule has 0 fully saturated rings. The van der Waals surface area contributed by atoms with E-state index in [9.17, 15) is 0 Å². The fourth-order valence-electron chi connectivity index (χ4n) is 2.22. The van der Waals surface area contributed by atoms with Gasteiger partial charge in [0.1, 0.15) is 11.5 Å². The number of halogens is 1. The van der Waals surface area contributed by atoms with Crippen LogP contribution in [0.3, 0.4) is 0 Å². The first kappa shape index (κ1) is 15.9. The van der Waals surface area contributed by atoms with Gasteiger partial charge in [-0.1, -0.05) is 37.6 Å². The number of ether oxygens (including phenoxy) is 1. The molecule has 0 aromatic heterocycles. The van der Waals surface area contributed by atoms with E-state index in [4.69, 9.17) is 22.1 Å². The topological polar surface area (TPSA) is 35.2 Å². The number of hydrogen-bond acceptors (Lipinski definition) is 2. The van der Waals surface area contributed by atoms with E-state index >= 15 is 0 Å². The minimum Gasteiger partial charge on any atom is -0.457 e. The van der Waals surface area contributed by atoms with Crippen molar-refractivity contribution in [3.8, 4) is 11.5 Å². The number of hydrogen-bond donors (Lipinski definition) is 1. The van der Waals surface area contributed by atoms with Crippen molar-refractivity contribution < 1.29 is 4.74 Å². The lowest BCUT2D eigenvalue weighted by molar-refractivity contribution is 0.473. The van der Waals surface area contributed by atoms with Crippen LogP contribution in [0.5, 0.6) is 11.5 Å². The van der Waals surface area contributed by atoms with E-state index in [2.05, 4.69) is 26.0 Å². The van der Waals surface area contributed by atoms with E-state index in [1.54, 1.807) is 0 Å². The van der Waals surface area contributed by atoms with Crippen LogP contribution in [0.15, 0.2) is 42.5 Å². The van der Waals surface area contributed by atoms with Crippen molar-refractivity contribution in [1.29, 1.82) is 0 Å². The zero-order valence-corrected chi connectivity index (χ0v) is 13.5.